The predicted octanol–water partition coefficient (Wildman–Crippen LogP) is 3.51. The zero-order chi connectivity index (χ0) is 16.5. The van der Waals surface area contributed by atoms with Crippen LogP contribution in [0.15, 0.2) is 58.3 Å². The molecule has 1 N–H and O–H groups in total. The van der Waals surface area contributed by atoms with Crippen molar-refractivity contribution in [2.24, 2.45) is 0 Å². The minimum absolute atomic E-state index is 0.145. The van der Waals surface area contributed by atoms with Crippen LogP contribution in [0.2, 0.25) is 0 Å². The second-order valence-corrected chi connectivity index (χ2v) is 13.5. The molecule has 0 saturated carbocycles. The zero-order valence-electron chi connectivity index (χ0n) is 12.6. The third kappa shape index (κ3) is 2.89. The van der Waals surface area contributed by atoms with Gasteiger partial charge in [0.25, 0.3) is 0 Å². The first-order valence-corrected chi connectivity index (χ1v) is 11.0. The molecule has 0 unspecified atom stereocenters. The molecular weight excluding hydrogens is 320 g/mol. The second-order valence-electron chi connectivity index (χ2n) is 5.33. The Balaban J connectivity index is 2.48. The van der Waals surface area contributed by atoms with Gasteiger partial charge in [-0.05, 0) is 55.8 Å². The molecule has 2 rings (SSSR count). The molecule has 0 saturated heterocycles. The van der Waals surface area contributed by atoms with E-state index >= 15 is 0 Å². The third-order valence-corrected chi connectivity index (χ3v) is 11.3. The highest BCUT2D eigenvalue weighted by molar-refractivity contribution is 8.89. The summed E-state index contributed by atoms with van der Waals surface area (Å²) in [6, 6.07) is 12.8. The van der Waals surface area contributed by atoms with Crippen molar-refractivity contribution in [2.75, 3.05) is 12.5 Å². The molecule has 0 radical (unpaired) electrons. The summed E-state index contributed by atoms with van der Waals surface area (Å²) in [5.74, 6) is -1.03. The van der Waals surface area contributed by atoms with Crippen LogP contribution in [0.4, 0.5) is 0 Å². The summed E-state index contributed by atoms with van der Waals surface area (Å²) >= 11 is 0. The molecular formula is C16H18O4S2. The Hall–Kier alpha value is -1.79. The Kier molecular flexibility index (Phi) is 4.35. The van der Waals surface area contributed by atoms with Gasteiger partial charge < -0.3 is 5.11 Å². The number of hydrogen-bond acceptors (Lipinski definition) is 3. The molecule has 0 fully saturated rings. The van der Waals surface area contributed by atoms with Gasteiger partial charge in [-0.1, -0.05) is 17.7 Å². The maximum Gasteiger partial charge on any atom is 0.335 e. The van der Waals surface area contributed by atoms with Gasteiger partial charge in [0, 0.05) is 4.90 Å². The molecule has 2 aromatic rings. The summed E-state index contributed by atoms with van der Waals surface area (Å²) < 4.78 is 25.8. The highest BCUT2D eigenvalue weighted by atomic mass is 33.2. The van der Waals surface area contributed by atoms with E-state index in [0.29, 0.717) is 9.79 Å². The molecule has 0 aliphatic rings. The standard InChI is InChI=1S/C16H18O4S2/c1-12-4-8-15(9-5-12)22(19,20)21(2,3)14-10-6-13(7-11-14)16(17)18/h4-11H,1-3H3,(H,17,18). The molecule has 0 aliphatic carbocycles. The number of hydrogen-bond donors (Lipinski definition) is 1. The first-order valence-electron chi connectivity index (χ1n) is 6.55. The summed E-state index contributed by atoms with van der Waals surface area (Å²) in [4.78, 5) is 11.8. The molecule has 0 heterocycles. The number of benzene rings is 2. The Labute approximate surface area is 131 Å². The minimum atomic E-state index is -3.51. The first kappa shape index (κ1) is 16.6. The van der Waals surface area contributed by atoms with Crippen LogP contribution in [0, 0.1) is 6.92 Å². The summed E-state index contributed by atoms with van der Waals surface area (Å²) in [6.07, 6.45) is 3.41. The van der Waals surface area contributed by atoms with Gasteiger partial charge in [0.1, 0.15) is 0 Å². The van der Waals surface area contributed by atoms with Crippen molar-refractivity contribution in [1.82, 2.24) is 0 Å². The minimum Gasteiger partial charge on any atom is -0.478 e. The lowest BCUT2D eigenvalue weighted by Crippen LogP contribution is -2.12. The van der Waals surface area contributed by atoms with Gasteiger partial charge in [-0.2, -0.15) is 0 Å². The van der Waals surface area contributed by atoms with Crippen molar-refractivity contribution >= 4 is 23.9 Å². The Morgan fingerprint density at radius 1 is 0.864 bits per heavy atom. The van der Waals surface area contributed by atoms with E-state index in [-0.39, 0.29) is 5.56 Å². The molecule has 0 spiro atoms. The number of rotatable bonds is 4. The van der Waals surface area contributed by atoms with E-state index in [1.54, 1.807) is 48.9 Å². The Morgan fingerprint density at radius 2 is 1.32 bits per heavy atom. The predicted molar refractivity (Wildman–Crippen MR) is 89.5 cm³/mol. The quantitative estimate of drug-likeness (QED) is 0.866. The maximum atomic E-state index is 12.9. The van der Waals surface area contributed by atoms with Crippen molar-refractivity contribution < 1.29 is 18.3 Å². The van der Waals surface area contributed by atoms with Gasteiger partial charge >= 0.3 is 5.97 Å². The summed E-state index contributed by atoms with van der Waals surface area (Å²) in [5, 5.41) is 8.93. The van der Waals surface area contributed by atoms with Gasteiger partial charge in [0.05, 0.1) is 10.5 Å². The van der Waals surface area contributed by atoms with E-state index < -0.39 is 23.9 Å². The van der Waals surface area contributed by atoms with Gasteiger partial charge in [-0.3, -0.25) is 0 Å². The maximum absolute atomic E-state index is 12.9. The molecule has 0 atom stereocenters. The smallest absolute Gasteiger partial charge is 0.335 e. The molecule has 6 heteroatoms. The van der Waals surface area contributed by atoms with Crippen molar-refractivity contribution in [1.29, 1.82) is 0 Å². The van der Waals surface area contributed by atoms with Crippen LogP contribution < -0.4 is 0 Å². The van der Waals surface area contributed by atoms with Crippen LogP contribution >= 0.6 is 9.06 Å². The third-order valence-electron chi connectivity index (χ3n) is 3.53. The van der Waals surface area contributed by atoms with E-state index in [1.165, 1.54) is 12.1 Å². The fourth-order valence-electron chi connectivity index (χ4n) is 2.00. The summed E-state index contributed by atoms with van der Waals surface area (Å²) in [5.41, 5.74) is 1.14. The fraction of sp³-hybridized carbons (Fsp3) is 0.188. The molecule has 0 aliphatic heterocycles. The molecule has 118 valence electrons. The van der Waals surface area contributed by atoms with Gasteiger partial charge in [-0.25, -0.2) is 13.2 Å². The average molecular weight is 338 g/mol. The monoisotopic (exact) mass is 338 g/mol. The molecule has 4 nitrogen and oxygen atoms in total. The van der Waals surface area contributed by atoms with Crippen molar-refractivity contribution in [3.8, 4) is 0 Å². The SMILES string of the molecule is Cc1ccc(S(=O)(=O)S(C)(C)c2ccc(C(=O)O)cc2)cc1. The second kappa shape index (κ2) is 5.78. The van der Waals surface area contributed by atoms with Crippen molar-refractivity contribution in [3.05, 3.63) is 59.7 Å². The topological polar surface area (TPSA) is 71.4 Å². The summed E-state index contributed by atoms with van der Waals surface area (Å²) in [6.45, 7) is 1.90. The largest absolute Gasteiger partial charge is 0.478 e. The molecule has 2 aromatic carbocycles. The van der Waals surface area contributed by atoms with Crippen LogP contribution in [0.25, 0.3) is 0 Å². The first-order chi connectivity index (χ1) is 10.2. The lowest BCUT2D eigenvalue weighted by atomic mass is 10.2. The number of carboxylic acids is 1. The molecule has 0 aromatic heterocycles. The molecule has 0 bridgehead atoms. The average Bonchev–Trinajstić information content (AvgIpc) is 2.47. The zero-order valence-corrected chi connectivity index (χ0v) is 14.2. The van der Waals surface area contributed by atoms with Crippen molar-refractivity contribution in [2.45, 2.75) is 16.7 Å². The van der Waals surface area contributed by atoms with Gasteiger partial charge in [0.15, 0.2) is 0 Å². The number of carbonyl (C=O) groups is 1. The normalized spacial score (nSPS) is 12.9. The summed E-state index contributed by atoms with van der Waals surface area (Å²) in [7, 11) is -5.67. The highest BCUT2D eigenvalue weighted by Crippen LogP contribution is 2.57. The van der Waals surface area contributed by atoms with Crippen LogP contribution in [-0.2, 0) is 8.87 Å². The van der Waals surface area contributed by atoms with E-state index in [1.807, 2.05) is 6.92 Å². The van der Waals surface area contributed by atoms with Crippen LogP contribution in [0.1, 0.15) is 15.9 Å². The number of aromatic carboxylic acids is 1. The lowest BCUT2D eigenvalue weighted by molar-refractivity contribution is 0.0697. The van der Waals surface area contributed by atoms with Crippen LogP contribution in [-0.4, -0.2) is 32.0 Å². The fourth-order valence-corrected chi connectivity index (χ4v) is 6.86. The van der Waals surface area contributed by atoms with E-state index in [4.69, 9.17) is 5.11 Å². The Morgan fingerprint density at radius 3 is 1.77 bits per heavy atom. The van der Waals surface area contributed by atoms with Crippen molar-refractivity contribution in [3.63, 3.8) is 0 Å². The Bertz CT molecular complexity index is 789. The van der Waals surface area contributed by atoms with Crippen LogP contribution in [0.5, 0.6) is 0 Å². The molecule has 22 heavy (non-hydrogen) atoms. The van der Waals surface area contributed by atoms with Gasteiger partial charge in [0.2, 0.25) is 8.87 Å². The van der Waals surface area contributed by atoms with Crippen LogP contribution in [0.3, 0.4) is 0 Å². The molecule has 0 amide bonds. The van der Waals surface area contributed by atoms with E-state index in [2.05, 4.69) is 0 Å². The number of aryl methyl sites for hydroxylation is 1. The lowest BCUT2D eigenvalue weighted by Gasteiger charge is -2.31. The number of carboxylic acid groups (broad SMARTS) is 1. The van der Waals surface area contributed by atoms with Gasteiger partial charge in [-0.15, -0.1) is 9.06 Å². The highest BCUT2D eigenvalue weighted by Gasteiger charge is 2.32. The van der Waals surface area contributed by atoms with E-state index in [0.717, 1.165) is 5.56 Å². The van der Waals surface area contributed by atoms with E-state index in [9.17, 15) is 13.2 Å².